The summed E-state index contributed by atoms with van der Waals surface area (Å²) in [5.41, 5.74) is 4.40. The molecule has 1 heterocycles. The monoisotopic (exact) mass is 282 g/mol. The fourth-order valence-corrected chi connectivity index (χ4v) is 2.25. The van der Waals surface area contributed by atoms with Crippen molar-refractivity contribution in [2.75, 3.05) is 0 Å². The normalized spacial score (nSPS) is 11.3. The van der Waals surface area contributed by atoms with Crippen LogP contribution in [0.2, 0.25) is 0 Å². The topological polar surface area (TPSA) is 42.0 Å². The standard InChI is InChI=1S/C18H22N2O/c1-12-8-6-7-9-14(12)15-10-13(2)19-11-16(15)17(21)20-18(3,4)5/h6-11H,1-5H3,(H,20,21). The highest BCUT2D eigenvalue weighted by atomic mass is 16.1. The van der Waals surface area contributed by atoms with E-state index < -0.39 is 0 Å². The lowest BCUT2D eigenvalue weighted by atomic mass is 9.96. The van der Waals surface area contributed by atoms with Crippen molar-refractivity contribution in [1.82, 2.24) is 10.3 Å². The van der Waals surface area contributed by atoms with E-state index in [-0.39, 0.29) is 11.4 Å². The van der Waals surface area contributed by atoms with Gasteiger partial charge < -0.3 is 5.32 Å². The van der Waals surface area contributed by atoms with E-state index in [9.17, 15) is 4.79 Å². The van der Waals surface area contributed by atoms with Crippen LogP contribution in [0.25, 0.3) is 11.1 Å². The van der Waals surface area contributed by atoms with Crippen molar-refractivity contribution in [3.63, 3.8) is 0 Å². The summed E-state index contributed by atoms with van der Waals surface area (Å²) in [7, 11) is 0. The van der Waals surface area contributed by atoms with E-state index >= 15 is 0 Å². The molecular weight excluding hydrogens is 260 g/mol. The maximum atomic E-state index is 12.5. The van der Waals surface area contributed by atoms with Gasteiger partial charge in [-0.25, -0.2) is 0 Å². The van der Waals surface area contributed by atoms with Gasteiger partial charge in [-0.2, -0.15) is 0 Å². The Morgan fingerprint density at radius 1 is 1.10 bits per heavy atom. The minimum Gasteiger partial charge on any atom is -0.347 e. The summed E-state index contributed by atoms with van der Waals surface area (Å²) in [5.74, 6) is -0.0896. The molecule has 110 valence electrons. The van der Waals surface area contributed by atoms with Gasteiger partial charge >= 0.3 is 0 Å². The number of carbonyl (C=O) groups is 1. The Bertz CT molecular complexity index is 669. The van der Waals surface area contributed by atoms with E-state index in [1.54, 1.807) is 6.20 Å². The summed E-state index contributed by atoms with van der Waals surface area (Å²) < 4.78 is 0. The van der Waals surface area contributed by atoms with Crippen molar-refractivity contribution >= 4 is 5.91 Å². The van der Waals surface area contributed by atoms with Crippen LogP contribution in [0.3, 0.4) is 0 Å². The Balaban J connectivity index is 2.54. The fourth-order valence-electron chi connectivity index (χ4n) is 2.25. The molecule has 0 atom stereocenters. The average Bonchev–Trinajstić information content (AvgIpc) is 2.37. The van der Waals surface area contributed by atoms with Crippen LogP contribution in [0, 0.1) is 13.8 Å². The summed E-state index contributed by atoms with van der Waals surface area (Å²) in [6, 6.07) is 10.1. The van der Waals surface area contributed by atoms with Gasteiger partial charge in [0, 0.05) is 17.4 Å². The molecule has 0 radical (unpaired) electrons. The van der Waals surface area contributed by atoms with Gasteiger partial charge in [-0.15, -0.1) is 0 Å². The highest BCUT2D eigenvalue weighted by molar-refractivity contribution is 6.01. The Morgan fingerprint density at radius 3 is 2.38 bits per heavy atom. The first-order chi connectivity index (χ1) is 9.78. The first-order valence-electron chi connectivity index (χ1n) is 7.13. The maximum absolute atomic E-state index is 12.5. The molecule has 2 rings (SSSR count). The van der Waals surface area contributed by atoms with Crippen LogP contribution in [-0.2, 0) is 0 Å². The molecule has 0 aliphatic rings. The van der Waals surface area contributed by atoms with Crippen LogP contribution in [0.1, 0.15) is 42.4 Å². The Morgan fingerprint density at radius 2 is 1.76 bits per heavy atom. The molecule has 0 fully saturated rings. The zero-order valence-corrected chi connectivity index (χ0v) is 13.3. The molecule has 0 aliphatic carbocycles. The summed E-state index contributed by atoms with van der Waals surface area (Å²) in [5, 5.41) is 3.01. The summed E-state index contributed by atoms with van der Waals surface area (Å²) >= 11 is 0. The van der Waals surface area contributed by atoms with E-state index in [1.165, 1.54) is 0 Å². The van der Waals surface area contributed by atoms with Crippen molar-refractivity contribution in [2.24, 2.45) is 0 Å². The molecule has 3 nitrogen and oxygen atoms in total. The molecule has 0 saturated heterocycles. The van der Waals surface area contributed by atoms with Crippen molar-refractivity contribution in [1.29, 1.82) is 0 Å². The molecule has 0 saturated carbocycles. The number of rotatable bonds is 2. The third-order valence-corrected chi connectivity index (χ3v) is 3.21. The Labute approximate surface area is 126 Å². The molecule has 0 bridgehead atoms. The number of aromatic nitrogens is 1. The number of nitrogens with zero attached hydrogens (tertiary/aromatic N) is 1. The van der Waals surface area contributed by atoms with Gasteiger partial charge in [0.05, 0.1) is 5.56 Å². The molecule has 21 heavy (non-hydrogen) atoms. The molecule has 1 amide bonds. The zero-order chi connectivity index (χ0) is 15.6. The number of pyridine rings is 1. The number of benzene rings is 1. The van der Waals surface area contributed by atoms with Gasteiger partial charge in [0.25, 0.3) is 5.91 Å². The van der Waals surface area contributed by atoms with E-state index in [4.69, 9.17) is 0 Å². The van der Waals surface area contributed by atoms with Crippen molar-refractivity contribution in [3.8, 4) is 11.1 Å². The molecule has 0 unspecified atom stereocenters. The molecule has 1 aromatic carbocycles. The van der Waals surface area contributed by atoms with Crippen LogP contribution in [-0.4, -0.2) is 16.4 Å². The second kappa shape index (κ2) is 5.68. The van der Waals surface area contributed by atoms with Crippen molar-refractivity contribution < 1.29 is 4.79 Å². The lowest BCUT2D eigenvalue weighted by Gasteiger charge is -2.22. The highest BCUT2D eigenvalue weighted by Crippen LogP contribution is 2.27. The predicted molar refractivity (Wildman–Crippen MR) is 86.4 cm³/mol. The third kappa shape index (κ3) is 3.69. The second-order valence-corrected chi connectivity index (χ2v) is 6.39. The van der Waals surface area contributed by atoms with Crippen LogP contribution < -0.4 is 5.32 Å². The molecule has 0 aliphatic heterocycles. The number of amides is 1. The Hall–Kier alpha value is -2.16. The fraction of sp³-hybridized carbons (Fsp3) is 0.333. The van der Waals surface area contributed by atoms with Crippen LogP contribution in [0.5, 0.6) is 0 Å². The molecule has 0 spiro atoms. The molecular formula is C18H22N2O. The van der Waals surface area contributed by atoms with Crippen LogP contribution in [0.15, 0.2) is 36.5 Å². The van der Waals surface area contributed by atoms with E-state index in [0.29, 0.717) is 5.56 Å². The number of hydrogen-bond acceptors (Lipinski definition) is 2. The minimum absolute atomic E-state index is 0.0896. The van der Waals surface area contributed by atoms with Crippen molar-refractivity contribution in [2.45, 2.75) is 40.2 Å². The lowest BCUT2D eigenvalue weighted by molar-refractivity contribution is 0.0920. The van der Waals surface area contributed by atoms with Crippen LogP contribution in [0.4, 0.5) is 0 Å². The van der Waals surface area contributed by atoms with E-state index in [2.05, 4.69) is 23.3 Å². The third-order valence-electron chi connectivity index (χ3n) is 3.21. The first-order valence-corrected chi connectivity index (χ1v) is 7.13. The van der Waals surface area contributed by atoms with Gasteiger partial charge in [0.2, 0.25) is 0 Å². The highest BCUT2D eigenvalue weighted by Gasteiger charge is 2.19. The molecule has 2 aromatic rings. The molecule has 3 heteroatoms. The predicted octanol–water partition coefficient (Wildman–Crippen LogP) is 3.89. The maximum Gasteiger partial charge on any atom is 0.253 e. The van der Waals surface area contributed by atoms with Gasteiger partial charge in [0.15, 0.2) is 0 Å². The number of carbonyl (C=O) groups excluding carboxylic acids is 1. The first kappa shape index (κ1) is 15.2. The minimum atomic E-state index is -0.273. The molecule has 1 N–H and O–H groups in total. The number of aryl methyl sites for hydroxylation is 2. The smallest absolute Gasteiger partial charge is 0.253 e. The second-order valence-electron chi connectivity index (χ2n) is 6.39. The largest absolute Gasteiger partial charge is 0.347 e. The van der Waals surface area contributed by atoms with Crippen molar-refractivity contribution in [3.05, 3.63) is 53.3 Å². The van der Waals surface area contributed by atoms with Gasteiger partial charge in [0.1, 0.15) is 0 Å². The van der Waals surface area contributed by atoms with Crippen LogP contribution >= 0.6 is 0 Å². The number of nitrogens with one attached hydrogen (secondary N) is 1. The lowest BCUT2D eigenvalue weighted by Crippen LogP contribution is -2.40. The van der Waals surface area contributed by atoms with Gasteiger partial charge in [-0.05, 0) is 57.4 Å². The number of hydrogen-bond donors (Lipinski definition) is 1. The van der Waals surface area contributed by atoms with E-state index in [0.717, 1.165) is 22.4 Å². The quantitative estimate of drug-likeness (QED) is 0.908. The summed E-state index contributed by atoms with van der Waals surface area (Å²) in [4.78, 5) is 16.8. The molecule has 1 aromatic heterocycles. The summed E-state index contributed by atoms with van der Waals surface area (Å²) in [6.07, 6.45) is 1.66. The zero-order valence-electron chi connectivity index (χ0n) is 13.3. The van der Waals surface area contributed by atoms with Gasteiger partial charge in [-0.3, -0.25) is 9.78 Å². The Kier molecular flexibility index (Phi) is 4.12. The SMILES string of the molecule is Cc1cc(-c2ccccc2C)c(C(=O)NC(C)(C)C)cn1. The van der Waals surface area contributed by atoms with Gasteiger partial charge in [-0.1, -0.05) is 24.3 Å². The van der Waals surface area contributed by atoms with E-state index in [1.807, 2.05) is 52.0 Å². The average molecular weight is 282 g/mol. The summed E-state index contributed by atoms with van der Waals surface area (Å²) in [6.45, 7) is 9.91.